The molecule has 0 aliphatic heterocycles. The maximum absolute atomic E-state index is 13.0. The van der Waals surface area contributed by atoms with E-state index < -0.39 is 16.9 Å². The van der Waals surface area contributed by atoms with Crippen LogP contribution in [0.25, 0.3) is 5.78 Å². The van der Waals surface area contributed by atoms with Crippen molar-refractivity contribution in [3.8, 4) is 5.75 Å². The molecular formula is C22H19ClN6O3. The van der Waals surface area contributed by atoms with Gasteiger partial charge in [0.1, 0.15) is 17.8 Å². The summed E-state index contributed by atoms with van der Waals surface area (Å²) in [6.45, 7) is 5.64. The molecule has 2 aromatic heterocycles. The molecule has 4 aromatic rings. The number of esters is 1. The van der Waals surface area contributed by atoms with Gasteiger partial charge in [0.05, 0.1) is 11.8 Å². The first-order chi connectivity index (χ1) is 15.2. The summed E-state index contributed by atoms with van der Waals surface area (Å²) in [7, 11) is 0. The Bertz CT molecular complexity index is 1380. The van der Waals surface area contributed by atoms with Gasteiger partial charge in [0.15, 0.2) is 0 Å². The summed E-state index contributed by atoms with van der Waals surface area (Å²) in [5, 5.41) is 16.9. The molecule has 0 bridgehead atoms. The Balaban J connectivity index is 1.71. The van der Waals surface area contributed by atoms with Crippen molar-refractivity contribution >= 4 is 29.6 Å². The molecule has 0 amide bonds. The second-order valence-electron chi connectivity index (χ2n) is 7.97. The number of aromatic nitrogens is 5. The summed E-state index contributed by atoms with van der Waals surface area (Å²) in [5.41, 5.74) is 0.230. The van der Waals surface area contributed by atoms with Crippen LogP contribution in [-0.2, 0) is 5.41 Å². The van der Waals surface area contributed by atoms with Crippen LogP contribution in [0.5, 0.6) is 5.75 Å². The zero-order chi connectivity index (χ0) is 22.9. The van der Waals surface area contributed by atoms with Crippen LogP contribution in [0.4, 0.5) is 0 Å². The van der Waals surface area contributed by atoms with Gasteiger partial charge in [0, 0.05) is 16.0 Å². The zero-order valence-corrected chi connectivity index (χ0v) is 18.3. The summed E-state index contributed by atoms with van der Waals surface area (Å²) in [5.74, 6) is -0.0970. The van der Waals surface area contributed by atoms with E-state index in [4.69, 9.17) is 16.3 Å². The summed E-state index contributed by atoms with van der Waals surface area (Å²) in [6, 6.07) is 13.2. The molecule has 10 heteroatoms. The van der Waals surface area contributed by atoms with Crippen LogP contribution in [-0.4, -0.2) is 36.7 Å². The predicted octanol–water partition coefficient (Wildman–Crippen LogP) is 3.34. The number of ether oxygens (including phenoxy) is 1. The van der Waals surface area contributed by atoms with Crippen LogP contribution in [0.15, 0.2) is 64.8 Å². The SMILES string of the molecule is CC(C)(C)c1nn2cnnc2n(/N=C\c2ccccc2OC(=O)c2ccc(Cl)cc2)c1=O. The molecule has 0 saturated heterocycles. The first-order valence-corrected chi connectivity index (χ1v) is 10.1. The number of hydrogen-bond acceptors (Lipinski definition) is 7. The van der Waals surface area contributed by atoms with Crippen molar-refractivity contribution in [1.82, 2.24) is 24.5 Å². The van der Waals surface area contributed by atoms with E-state index >= 15 is 0 Å². The van der Waals surface area contributed by atoms with Crippen LogP contribution in [0.3, 0.4) is 0 Å². The largest absolute Gasteiger partial charge is 0.422 e. The Morgan fingerprint density at radius 1 is 1.12 bits per heavy atom. The molecule has 0 aliphatic carbocycles. The third kappa shape index (κ3) is 4.28. The standard InChI is InChI=1S/C22H19ClN6O3/c1-22(2,3)18-19(30)29(21-26-24-13-28(21)27-18)25-12-15-6-4-5-7-17(15)32-20(31)14-8-10-16(23)11-9-14/h4-13H,1-3H3/b25-12-. The minimum Gasteiger partial charge on any atom is -0.422 e. The van der Waals surface area contributed by atoms with Crippen molar-refractivity contribution in [2.75, 3.05) is 0 Å². The minimum atomic E-state index is -0.543. The van der Waals surface area contributed by atoms with E-state index in [-0.39, 0.29) is 11.5 Å². The fraction of sp³-hybridized carbons (Fsp3) is 0.182. The Labute approximate surface area is 187 Å². The van der Waals surface area contributed by atoms with Crippen molar-refractivity contribution in [1.29, 1.82) is 0 Å². The van der Waals surface area contributed by atoms with Crippen LogP contribution in [0.2, 0.25) is 5.02 Å². The molecule has 9 nitrogen and oxygen atoms in total. The van der Waals surface area contributed by atoms with Crippen LogP contribution in [0, 0.1) is 0 Å². The molecule has 2 heterocycles. The van der Waals surface area contributed by atoms with Crippen molar-refractivity contribution in [2.45, 2.75) is 26.2 Å². The van der Waals surface area contributed by atoms with Crippen LogP contribution in [0.1, 0.15) is 42.4 Å². The number of fused-ring (bicyclic) bond motifs is 1. The zero-order valence-electron chi connectivity index (χ0n) is 17.6. The molecule has 32 heavy (non-hydrogen) atoms. The van der Waals surface area contributed by atoms with Gasteiger partial charge in [0.2, 0.25) is 0 Å². The van der Waals surface area contributed by atoms with Crippen molar-refractivity contribution < 1.29 is 9.53 Å². The third-order valence-corrected chi connectivity index (χ3v) is 4.78. The molecule has 2 aromatic carbocycles. The second kappa shape index (κ2) is 8.35. The molecule has 4 rings (SSSR count). The van der Waals surface area contributed by atoms with E-state index in [0.29, 0.717) is 21.8 Å². The van der Waals surface area contributed by atoms with Gasteiger partial charge >= 0.3 is 5.97 Å². The van der Waals surface area contributed by atoms with Gasteiger partial charge in [-0.25, -0.2) is 4.79 Å². The highest BCUT2D eigenvalue weighted by Gasteiger charge is 2.24. The van der Waals surface area contributed by atoms with E-state index in [2.05, 4.69) is 20.4 Å². The van der Waals surface area contributed by atoms with Crippen LogP contribution < -0.4 is 10.3 Å². The maximum Gasteiger partial charge on any atom is 0.343 e. The van der Waals surface area contributed by atoms with Crippen molar-refractivity contribution in [3.05, 3.63) is 87.1 Å². The summed E-state index contributed by atoms with van der Waals surface area (Å²) in [6.07, 6.45) is 2.82. The lowest BCUT2D eigenvalue weighted by atomic mass is 9.93. The van der Waals surface area contributed by atoms with Crippen molar-refractivity contribution in [2.24, 2.45) is 5.10 Å². The van der Waals surface area contributed by atoms with Gasteiger partial charge in [-0.15, -0.1) is 10.2 Å². The number of benzene rings is 2. The third-order valence-electron chi connectivity index (χ3n) is 4.53. The average molecular weight is 451 g/mol. The first kappa shape index (κ1) is 21.4. The lowest BCUT2D eigenvalue weighted by Crippen LogP contribution is -2.33. The highest BCUT2D eigenvalue weighted by molar-refractivity contribution is 6.30. The lowest BCUT2D eigenvalue weighted by Gasteiger charge is -2.16. The number of hydrogen-bond donors (Lipinski definition) is 0. The Morgan fingerprint density at radius 3 is 2.56 bits per heavy atom. The van der Waals surface area contributed by atoms with E-state index in [0.717, 1.165) is 4.68 Å². The fourth-order valence-electron chi connectivity index (χ4n) is 2.90. The number of carbonyl (C=O) groups excluding carboxylic acids is 1. The number of rotatable bonds is 4. The van der Waals surface area contributed by atoms with E-state index in [1.807, 2.05) is 20.8 Å². The van der Waals surface area contributed by atoms with Crippen molar-refractivity contribution in [3.63, 3.8) is 0 Å². The number of halogens is 1. The summed E-state index contributed by atoms with van der Waals surface area (Å²) >= 11 is 5.87. The van der Waals surface area contributed by atoms with Gasteiger partial charge in [0.25, 0.3) is 11.3 Å². The Hall–Kier alpha value is -3.85. The summed E-state index contributed by atoms with van der Waals surface area (Å²) in [4.78, 5) is 25.5. The Kier molecular flexibility index (Phi) is 5.58. The van der Waals surface area contributed by atoms with E-state index in [1.54, 1.807) is 48.5 Å². The van der Waals surface area contributed by atoms with Gasteiger partial charge < -0.3 is 4.74 Å². The fourth-order valence-corrected chi connectivity index (χ4v) is 3.02. The normalized spacial score (nSPS) is 11.9. The quantitative estimate of drug-likeness (QED) is 0.268. The number of para-hydroxylation sites is 1. The molecule has 0 radical (unpaired) electrons. The minimum absolute atomic E-state index is 0.162. The molecular weight excluding hydrogens is 432 g/mol. The molecule has 162 valence electrons. The summed E-state index contributed by atoms with van der Waals surface area (Å²) < 4.78 is 8.05. The van der Waals surface area contributed by atoms with Crippen LogP contribution >= 0.6 is 11.6 Å². The average Bonchev–Trinajstić information content (AvgIpc) is 3.22. The molecule has 0 N–H and O–H groups in total. The van der Waals surface area contributed by atoms with E-state index in [1.165, 1.54) is 17.1 Å². The highest BCUT2D eigenvalue weighted by atomic mass is 35.5. The van der Waals surface area contributed by atoms with Gasteiger partial charge in [-0.05, 0) is 36.4 Å². The van der Waals surface area contributed by atoms with E-state index in [9.17, 15) is 9.59 Å². The van der Waals surface area contributed by atoms with Gasteiger partial charge in [-0.3, -0.25) is 4.79 Å². The molecule has 0 fully saturated rings. The molecule has 0 spiro atoms. The number of nitrogens with zero attached hydrogens (tertiary/aromatic N) is 6. The first-order valence-electron chi connectivity index (χ1n) is 9.69. The highest BCUT2D eigenvalue weighted by Crippen LogP contribution is 2.19. The second-order valence-corrected chi connectivity index (χ2v) is 8.41. The number of carbonyl (C=O) groups is 1. The molecule has 0 aliphatic rings. The van der Waals surface area contributed by atoms with Gasteiger partial charge in [-0.2, -0.15) is 19.4 Å². The lowest BCUT2D eigenvalue weighted by molar-refractivity contribution is 0.0734. The molecule has 0 saturated carbocycles. The molecule has 0 unspecified atom stereocenters. The van der Waals surface area contributed by atoms with Gasteiger partial charge in [-0.1, -0.05) is 44.5 Å². The topological polar surface area (TPSA) is 104 Å². The Morgan fingerprint density at radius 2 is 1.84 bits per heavy atom. The maximum atomic E-state index is 13.0. The molecule has 0 atom stereocenters. The monoisotopic (exact) mass is 450 g/mol. The smallest absolute Gasteiger partial charge is 0.343 e. The predicted molar refractivity (Wildman–Crippen MR) is 120 cm³/mol.